The van der Waals surface area contributed by atoms with Crippen LogP contribution in [-0.4, -0.2) is 25.0 Å². The number of hydrogen-bond acceptors (Lipinski definition) is 4. The van der Waals surface area contributed by atoms with E-state index in [1.54, 1.807) is 30.3 Å². The van der Waals surface area contributed by atoms with Crippen molar-refractivity contribution >= 4 is 22.6 Å². The van der Waals surface area contributed by atoms with Gasteiger partial charge in [0.15, 0.2) is 6.61 Å². The summed E-state index contributed by atoms with van der Waals surface area (Å²) in [7, 11) is 0. The van der Waals surface area contributed by atoms with Crippen LogP contribution in [0.3, 0.4) is 0 Å². The molecule has 6 heteroatoms. The van der Waals surface area contributed by atoms with Gasteiger partial charge in [-0.05, 0) is 54.1 Å². The predicted molar refractivity (Wildman–Crippen MR) is 103 cm³/mol. The van der Waals surface area contributed by atoms with Crippen LogP contribution in [-0.2, 0) is 4.79 Å². The number of nitrogens with one attached hydrogen (secondary N) is 2. The standard InChI is InChI=1S/C21H20N2O4/c1-2-26-18-10-8-16(9-11-18)21(25)23-22-20(24)14-27-19-12-7-15-5-3-4-6-17(15)13-19/h3-13H,2,14H2,1H3,(H,22,24)(H,23,25). The van der Waals surface area contributed by atoms with Gasteiger partial charge in [-0.2, -0.15) is 0 Å². The molecule has 2 N–H and O–H groups in total. The third kappa shape index (κ3) is 4.98. The summed E-state index contributed by atoms with van der Waals surface area (Å²) in [6.45, 7) is 2.23. The lowest BCUT2D eigenvalue weighted by molar-refractivity contribution is -0.123. The third-order valence-electron chi connectivity index (χ3n) is 3.83. The van der Waals surface area contributed by atoms with Crippen molar-refractivity contribution in [1.29, 1.82) is 0 Å². The first-order valence-corrected chi connectivity index (χ1v) is 8.59. The number of hydrazine groups is 1. The van der Waals surface area contributed by atoms with Crippen LogP contribution in [0.1, 0.15) is 17.3 Å². The molecule has 0 aromatic heterocycles. The molecule has 27 heavy (non-hydrogen) atoms. The average molecular weight is 364 g/mol. The van der Waals surface area contributed by atoms with E-state index in [0.29, 0.717) is 23.7 Å². The van der Waals surface area contributed by atoms with Crippen molar-refractivity contribution in [3.63, 3.8) is 0 Å². The predicted octanol–water partition coefficient (Wildman–Crippen LogP) is 3.08. The smallest absolute Gasteiger partial charge is 0.276 e. The molecule has 0 aliphatic rings. The molecule has 0 spiro atoms. The van der Waals surface area contributed by atoms with Gasteiger partial charge in [-0.25, -0.2) is 0 Å². The Balaban J connectivity index is 1.47. The Morgan fingerprint density at radius 1 is 0.815 bits per heavy atom. The van der Waals surface area contributed by atoms with E-state index in [1.807, 2.05) is 43.3 Å². The monoisotopic (exact) mass is 364 g/mol. The van der Waals surface area contributed by atoms with Gasteiger partial charge in [-0.15, -0.1) is 0 Å². The molecule has 138 valence electrons. The van der Waals surface area contributed by atoms with Crippen LogP contribution >= 0.6 is 0 Å². The zero-order valence-electron chi connectivity index (χ0n) is 14.9. The number of rotatable bonds is 6. The van der Waals surface area contributed by atoms with Crippen molar-refractivity contribution in [2.75, 3.05) is 13.2 Å². The highest BCUT2D eigenvalue weighted by molar-refractivity contribution is 5.95. The highest BCUT2D eigenvalue weighted by Gasteiger charge is 2.08. The number of fused-ring (bicyclic) bond motifs is 1. The quantitative estimate of drug-likeness (QED) is 0.659. The summed E-state index contributed by atoms with van der Waals surface area (Å²) >= 11 is 0. The van der Waals surface area contributed by atoms with Crippen molar-refractivity contribution in [1.82, 2.24) is 10.9 Å². The van der Waals surface area contributed by atoms with E-state index in [1.165, 1.54) is 0 Å². The minimum atomic E-state index is -0.456. The Morgan fingerprint density at radius 2 is 1.52 bits per heavy atom. The molecule has 3 aromatic rings. The molecule has 0 aliphatic heterocycles. The maximum atomic E-state index is 12.0. The summed E-state index contributed by atoms with van der Waals surface area (Å²) in [4.78, 5) is 23.9. The molecule has 3 aromatic carbocycles. The van der Waals surface area contributed by atoms with Gasteiger partial charge in [0.1, 0.15) is 11.5 Å². The zero-order valence-corrected chi connectivity index (χ0v) is 14.9. The Labute approximate surface area is 157 Å². The molecule has 0 heterocycles. The summed E-state index contributed by atoms with van der Waals surface area (Å²) < 4.78 is 10.8. The van der Waals surface area contributed by atoms with Crippen molar-refractivity contribution in [2.45, 2.75) is 6.92 Å². The van der Waals surface area contributed by atoms with Crippen LogP contribution < -0.4 is 20.3 Å². The summed E-state index contributed by atoms with van der Waals surface area (Å²) in [5.41, 5.74) is 5.10. The number of hydrogen-bond donors (Lipinski definition) is 2. The van der Waals surface area contributed by atoms with Crippen molar-refractivity contribution in [3.05, 3.63) is 72.3 Å². The molecule has 0 atom stereocenters. The molecule has 0 aliphatic carbocycles. The number of carbonyl (C=O) groups excluding carboxylic acids is 2. The number of ether oxygens (including phenoxy) is 2. The van der Waals surface area contributed by atoms with Crippen LogP contribution in [0.25, 0.3) is 10.8 Å². The van der Waals surface area contributed by atoms with Crippen LogP contribution in [0.4, 0.5) is 0 Å². The van der Waals surface area contributed by atoms with Gasteiger partial charge in [0.2, 0.25) is 0 Å². The van der Waals surface area contributed by atoms with Crippen LogP contribution in [0, 0.1) is 0 Å². The van der Waals surface area contributed by atoms with E-state index >= 15 is 0 Å². The highest BCUT2D eigenvalue weighted by atomic mass is 16.5. The fourth-order valence-corrected chi connectivity index (χ4v) is 2.51. The molecular formula is C21H20N2O4. The average Bonchev–Trinajstić information content (AvgIpc) is 2.71. The largest absolute Gasteiger partial charge is 0.494 e. The maximum absolute atomic E-state index is 12.0. The van der Waals surface area contributed by atoms with Crippen molar-refractivity contribution < 1.29 is 19.1 Å². The molecular weight excluding hydrogens is 344 g/mol. The third-order valence-corrected chi connectivity index (χ3v) is 3.83. The maximum Gasteiger partial charge on any atom is 0.276 e. The molecule has 6 nitrogen and oxygen atoms in total. The summed E-state index contributed by atoms with van der Waals surface area (Å²) in [5.74, 6) is 0.392. The lowest BCUT2D eigenvalue weighted by Crippen LogP contribution is -2.43. The highest BCUT2D eigenvalue weighted by Crippen LogP contribution is 2.20. The molecule has 0 saturated carbocycles. The van der Waals surface area contributed by atoms with E-state index in [0.717, 1.165) is 10.8 Å². The fourth-order valence-electron chi connectivity index (χ4n) is 2.51. The number of amides is 2. The minimum Gasteiger partial charge on any atom is -0.494 e. The van der Waals surface area contributed by atoms with Crippen molar-refractivity contribution in [3.8, 4) is 11.5 Å². The summed E-state index contributed by atoms with van der Waals surface area (Å²) in [5, 5.41) is 2.12. The lowest BCUT2D eigenvalue weighted by Gasteiger charge is -2.10. The van der Waals surface area contributed by atoms with Gasteiger partial charge in [0.25, 0.3) is 11.8 Å². The summed E-state index contributed by atoms with van der Waals surface area (Å²) in [6, 6.07) is 20.1. The normalized spacial score (nSPS) is 10.3. The Hall–Kier alpha value is -3.54. The fraction of sp³-hybridized carbons (Fsp3) is 0.143. The summed E-state index contributed by atoms with van der Waals surface area (Å²) in [6.07, 6.45) is 0. The number of carbonyl (C=O) groups is 2. The second kappa shape index (κ2) is 8.71. The minimum absolute atomic E-state index is 0.206. The molecule has 3 rings (SSSR count). The van der Waals surface area contributed by atoms with Gasteiger partial charge >= 0.3 is 0 Å². The molecule has 0 unspecified atom stereocenters. The van der Waals surface area contributed by atoms with Crippen LogP contribution in [0.15, 0.2) is 66.7 Å². The number of benzene rings is 3. The van der Waals surface area contributed by atoms with E-state index in [2.05, 4.69) is 10.9 Å². The second-order valence-corrected chi connectivity index (χ2v) is 5.76. The first kappa shape index (κ1) is 18.3. The van der Waals surface area contributed by atoms with Gasteiger partial charge in [0.05, 0.1) is 6.61 Å². The topological polar surface area (TPSA) is 76.7 Å². The zero-order chi connectivity index (χ0) is 19.1. The Morgan fingerprint density at radius 3 is 2.26 bits per heavy atom. The van der Waals surface area contributed by atoms with Crippen LogP contribution in [0.2, 0.25) is 0 Å². The van der Waals surface area contributed by atoms with Crippen molar-refractivity contribution in [2.24, 2.45) is 0 Å². The van der Waals surface area contributed by atoms with Gasteiger partial charge in [0, 0.05) is 5.56 Å². The van der Waals surface area contributed by atoms with E-state index in [9.17, 15) is 9.59 Å². The van der Waals surface area contributed by atoms with Gasteiger partial charge < -0.3 is 9.47 Å². The van der Waals surface area contributed by atoms with Gasteiger partial charge in [-0.1, -0.05) is 30.3 Å². The molecule has 0 bridgehead atoms. The molecule has 0 fully saturated rings. The Kier molecular flexibility index (Phi) is 5.89. The van der Waals surface area contributed by atoms with Crippen LogP contribution in [0.5, 0.6) is 11.5 Å². The van der Waals surface area contributed by atoms with E-state index in [4.69, 9.17) is 9.47 Å². The second-order valence-electron chi connectivity index (χ2n) is 5.76. The Bertz CT molecular complexity index is 938. The first-order valence-electron chi connectivity index (χ1n) is 8.59. The lowest BCUT2D eigenvalue weighted by atomic mass is 10.1. The van der Waals surface area contributed by atoms with E-state index in [-0.39, 0.29) is 6.61 Å². The first-order chi connectivity index (χ1) is 13.2. The molecule has 2 amide bonds. The SMILES string of the molecule is CCOc1ccc(C(=O)NNC(=O)COc2ccc3ccccc3c2)cc1. The van der Waals surface area contributed by atoms with Gasteiger partial charge in [-0.3, -0.25) is 20.4 Å². The molecule has 0 saturated heterocycles. The van der Waals surface area contributed by atoms with E-state index < -0.39 is 11.8 Å². The molecule has 0 radical (unpaired) electrons.